The average Bonchev–Trinajstić information content (AvgIpc) is 2.80. The van der Waals surface area contributed by atoms with E-state index in [9.17, 15) is 9.18 Å². The highest BCUT2D eigenvalue weighted by atomic mass is 32.1. The van der Waals surface area contributed by atoms with Crippen LogP contribution in [0.4, 0.5) is 15.2 Å². The van der Waals surface area contributed by atoms with Gasteiger partial charge in [-0.3, -0.25) is 0 Å². The van der Waals surface area contributed by atoms with Crippen molar-refractivity contribution >= 4 is 28.1 Å². The van der Waals surface area contributed by atoms with E-state index in [-0.39, 0.29) is 5.69 Å². The number of nitrogens with one attached hydrogen (secondary N) is 1. The summed E-state index contributed by atoms with van der Waals surface area (Å²) >= 11 is 1.30. The van der Waals surface area contributed by atoms with Crippen molar-refractivity contribution in [3.05, 3.63) is 34.6 Å². The smallest absolute Gasteiger partial charge is 0.357 e. The maximum atomic E-state index is 13.1. The Kier molecular flexibility index (Phi) is 4.19. The van der Waals surface area contributed by atoms with E-state index in [0.29, 0.717) is 16.6 Å². The monoisotopic (exact) mass is 296 g/mol. The van der Waals surface area contributed by atoms with E-state index >= 15 is 0 Å². The van der Waals surface area contributed by atoms with Crippen LogP contribution >= 0.6 is 11.3 Å². The number of anilines is 2. The molecule has 0 saturated carbocycles. The van der Waals surface area contributed by atoms with Crippen LogP contribution in [0.2, 0.25) is 0 Å². The van der Waals surface area contributed by atoms with Crippen molar-refractivity contribution in [3.63, 3.8) is 0 Å². The minimum atomic E-state index is -0.488. The molecule has 2 rings (SSSR count). The van der Waals surface area contributed by atoms with Gasteiger partial charge < -0.3 is 14.8 Å². The van der Waals surface area contributed by atoms with Gasteiger partial charge in [0.05, 0.1) is 19.9 Å². The highest BCUT2D eigenvalue weighted by molar-refractivity contribution is 7.15. The highest BCUT2D eigenvalue weighted by Gasteiger charge is 2.16. The summed E-state index contributed by atoms with van der Waals surface area (Å²) in [6.45, 7) is 1.77. The molecule has 0 saturated heterocycles. The van der Waals surface area contributed by atoms with Crippen molar-refractivity contribution in [3.8, 4) is 5.75 Å². The second-order valence-electron chi connectivity index (χ2n) is 3.88. The van der Waals surface area contributed by atoms with Crippen molar-refractivity contribution in [2.75, 3.05) is 19.5 Å². The van der Waals surface area contributed by atoms with Crippen LogP contribution in [-0.4, -0.2) is 25.2 Å². The number of nitrogens with zero attached hydrogens (tertiary/aromatic N) is 1. The Morgan fingerprint density at radius 2 is 2.15 bits per heavy atom. The van der Waals surface area contributed by atoms with Gasteiger partial charge in [0.15, 0.2) is 10.8 Å². The van der Waals surface area contributed by atoms with Gasteiger partial charge in [-0.1, -0.05) is 0 Å². The van der Waals surface area contributed by atoms with Crippen molar-refractivity contribution in [1.29, 1.82) is 0 Å². The molecule has 1 aromatic heterocycles. The minimum Gasteiger partial charge on any atom is -0.494 e. The van der Waals surface area contributed by atoms with E-state index in [2.05, 4.69) is 15.0 Å². The third-order valence-electron chi connectivity index (χ3n) is 2.58. The lowest BCUT2D eigenvalue weighted by Crippen LogP contribution is -2.03. The summed E-state index contributed by atoms with van der Waals surface area (Å²) in [5.41, 5.74) is 0.833. The predicted octanol–water partition coefficient (Wildman–Crippen LogP) is 3.13. The van der Waals surface area contributed by atoms with E-state index in [4.69, 9.17) is 4.74 Å². The van der Waals surface area contributed by atoms with Crippen LogP contribution in [0.1, 0.15) is 15.4 Å². The number of aryl methyl sites for hydroxylation is 1. The molecule has 0 amide bonds. The SMILES string of the molecule is COC(=O)c1nc(Nc2ccc(F)cc2OC)sc1C. The molecule has 0 radical (unpaired) electrons. The Hall–Kier alpha value is -2.15. The third kappa shape index (κ3) is 2.88. The summed E-state index contributed by atoms with van der Waals surface area (Å²) < 4.78 is 22.8. The molecule has 0 unspecified atom stereocenters. The summed E-state index contributed by atoms with van der Waals surface area (Å²) in [5.74, 6) is -0.520. The van der Waals surface area contributed by atoms with Gasteiger partial charge >= 0.3 is 5.97 Å². The normalized spacial score (nSPS) is 10.2. The molecule has 20 heavy (non-hydrogen) atoms. The van der Waals surface area contributed by atoms with Crippen LogP contribution in [0.5, 0.6) is 5.75 Å². The summed E-state index contributed by atoms with van der Waals surface area (Å²) in [6.07, 6.45) is 0. The van der Waals surface area contributed by atoms with Gasteiger partial charge in [0.25, 0.3) is 0 Å². The maximum absolute atomic E-state index is 13.1. The van der Waals surface area contributed by atoms with Gasteiger partial charge in [0.1, 0.15) is 11.6 Å². The molecular formula is C13H13FN2O3S. The minimum absolute atomic E-state index is 0.265. The lowest BCUT2D eigenvalue weighted by Gasteiger charge is -2.08. The first-order valence-corrected chi connectivity index (χ1v) is 6.53. The fourth-order valence-electron chi connectivity index (χ4n) is 1.62. The van der Waals surface area contributed by atoms with E-state index in [1.165, 1.54) is 37.7 Å². The molecule has 1 N–H and O–H groups in total. The molecule has 0 aliphatic rings. The Morgan fingerprint density at radius 1 is 1.40 bits per heavy atom. The second-order valence-corrected chi connectivity index (χ2v) is 5.09. The van der Waals surface area contributed by atoms with Gasteiger partial charge in [-0.25, -0.2) is 14.2 Å². The van der Waals surface area contributed by atoms with E-state index < -0.39 is 11.8 Å². The average molecular weight is 296 g/mol. The van der Waals surface area contributed by atoms with Crippen LogP contribution in [0, 0.1) is 12.7 Å². The maximum Gasteiger partial charge on any atom is 0.357 e. The number of methoxy groups -OCH3 is 2. The summed E-state index contributed by atoms with van der Waals surface area (Å²) in [6, 6.07) is 4.12. The van der Waals surface area contributed by atoms with Crippen LogP contribution in [0.15, 0.2) is 18.2 Å². The Balaban J connectivity index is 2.29. The van der Waals surface area contributed by atoms with Crippen LogP contribution < -0.4 is 10.1 Å². The second kappa shape index (κ2) is 5.87. The number of halogens is 1. The molecule has 0 spiro atoms. The molecule has 7 heteroatoms. The first kappa shape index (κ1) is 14.3. The topological polar surface area (TPSA) is 60.5 Å². The quantitative estimate of drug-likeness (QED) is 0.878. The van der Waals surface area contributed by atoms with E-state index in [1.54, 1.807) is 13.0 Å². The van der Waals surface area contributed by atoms with Crippen LogP contribution in [0.3, 0.4) is 0 Å². The summed E-state index contributed by atoms with van der Waals surface area (Å²) in [7, 11) is 2.75. The molecule has 106 valence electrons. The third-order valence-corrected chi connectivity index (χ3v) is 3.47. The predicted molar refractivity (Wildman–Crippen MR) is 74.4 cm³/mol. The molecule has 2 aromatic rings. The molecule has 0 atom stereocenters. The van der Waals surface area contributed by atoms with Crippen molar-refractivity contribution < 1.29 is 18.7 Å². The number of carbonyl (C=O) groups excluding carboxylic acids is 1. The van der Waals surface area contributed by atoms with Crippen molar-refractivity contribution in [2.45, 2.75) is 6.92 Å². The van der Waals surface area contributed by atoms with Gasteiger partial charge in [0.2, 0.25) is 0 Å². The van der Waals surface area contributed by atoms with Gasteiger partial charge in [-0.15, -0.1) is 11.3 Å². The number of aromatic nitrogens is 1. The molecule has 0 bridgehead atoms. The first-order valence-electron chi connectivity index (χ1n) is 5.71. The number of benzene rings is 1. The van der Waals surface area contributed by atoms with Crippen LogP contribution in [0.25, 0.3) is 0 Å². The largest absolute Gasteiger partial charge is 0.494 e. The van der Waals surface area contributed by atoms with Crippen molar-refractivity contribution in [1.82, 2.24) is 4.98 Å². The number of carbonyl (C=O) groups is 1. The lowest BCUT2D eigenvalue weighted by molar-refractivity contribution is 0.0594. The fourth-order valence-corrected chi connectivity index (χ4v) is 2.43. The number of ether oxygens (including phenoxy) is 2. The Bertz CT molecular complexity index is 643. The molecule has 1 heterocycles. The fraction of sp³-hybridized carbons (Fsp3) is 0.231. The number of hydrogen-bond donors (Lipinski definition) is 1. The molecular weight excluding hydrogens is 283 g/mol. The van der Waals surface area contributed by atoms with Gasteiger partial charge in [0, 0.05) is 10.9 Å². The zero-order chi connectivity index (χ0) is 14.7. The molecule has 1 aromatic carbocycles. The van der Waals surface area contributed by atoms with Crippen LogP contribution in [-0.2, 0) is 4.74 Å². The molecule has 0 aliphatic carbocycles. The number of rotatable bonds is 4. The van der Waals surface area contributed by atoms with Crippen molar-refractivity contribution in [2.24, 2.45) is 0 Å². The van der Waals surface area contributed by atoms with Gasteiger partial charge in [-0.2, -0.15) is 0 Å². The summed E-state index contributed by atoms with van der Waals surface area (Å²) in [5, 5.41) is 3.51. The number of hydrogen-bond acceptors (Lipinski definition) is 6. The number of esters is 1. The lowest BCUT2D eigenvalue weighted by atomic mass is 10.3. The zero-order valence-electron chi connectivity index (χ0n) is 11.2. The van der Waals surface area contributed by atoms with Gasteiger partial charge in [-0.05, 0) is 19.1 Å². The Morgan fingerprint density at radius 3 is 2.80 bits per heavy atom. The standard InChI is InChI=1S/C13H13FN2O3S/c1-7-11(12(17)19-3)16-13(20-7)15-9-5-4-8(14)6-10(9)18-2/h4-6H,1-3H3,(H,15,16). The Labute approximate surface area is 119 Å². The number of thiazole rings is 1. The van der Waals surface area contributed by atoms with E-state index in [1.807, 2.05) is 0 Å². The highest BCUT2D eigenvalue weighted by Crippen LogP contribution is 2.31. The summed E-state index contributed by atoms with van der Waals surface area (Å²) in [4.78, 5) is 16.4. The molecule has 0 fully saturated rings. The molecule has 0 aliphatic heterocycles. The first-order chi connectivity index (χ1) is 9.55. The zero-order valence-corrected chi connectivity index (χ0v) is 12.0. The molecule has 5 nitrogen and oxygen atoms in total. The van der Waals surface area contributed by atoms with E-state index in [0.717, 1.165) is 4.88 Å².